The van der Waals surface area contributed by atoms with Crippen molar-refractivity contribution in [3.8, 4) is 0 Å². The monoisotopic (exact) mass is 293 g/mol. The largest absolute Gasteiger partial charge is 1.00 e. The second-order valence-electron chi connectivity index (χ2n) is 6.45. The van der Waals surface area contributed by atoms with Gasteiger partial charge in [0.15, 0.2) is 0 Å². The number of hydrogen-bond donors (Lipinski definition) is 0. The molecule has 2 nitrogen and oxygen atoms in total. The normalized spacial score (nSPS) is 11.4. The smallest absolute Gasteiger partial charge is 0.0802 e. The third-order valence-corrected chi connectivity index (χ3v) is 3.26. The lowest BCUT2D eigenvalue weighted by Crippen LogP contribution is -3.00. The second kappa shape index (κ2) is 14.6. The Labute approximate surface area is 127 Å². The van der Waals surface area contributed by atoms with Gasteiger partial charge in [-0.05, 0) is 6.42 Å². The highest BCUT2D eigenvalue weighted by molar-refractivity contribution is 4.46. The number of rotatable bonds is 13. The van der Waals surface area contributed by atoms with E-state index in [9.17, 15) is 0 Å². The first-order valence-electron chi connectivity index (χ1n) is 7.94. The Morgan fingerprint density at radius 2 is 1.16 bits per heavy atom. The zero-order valence-corrected chi connectivity index (χ0v) is 14.5. The van der Waals surface area contributed by atoms with Crippen LogP contribution < -0.4 is 12.4 Å². The van der Waals surface area contributed by atoms with Gasteiger partial charge in [0.25, 0.3) is 0 Å². The van der Waals surface area contributed by atoms with Gasteiger partial charge >= 0.3 is 0 Å². The molecule has 19 heavy (non-hydrogen) atoms. The Bertz CT molecular complexity index is 169. The summed E-state index contributed by atoms with van der Waals surface area (Å²) < 4.78 is 6.71. The van der Waals surface area contributed by atoms with E-state index < -0.39 is 0 Å². The molecule has 0 amide bonds. The predicted molar refractivity (Wildman–Crippen MR) is 80.9 cm³/mol. The minimum Gasteiger partial charge on any atom is -1.00 e. The van der Waals surface area contributed by atoms with Crippen molar-refractivity contribution in [1.82, 2.24) is 0 Å². The number of ether oxygens (including phenoxy) is 1. The number of nitrogens with zero attached hydrogens (tertiary/aromatic N) is 1. The lowest BCUT2D eigenvalue weighted by molar-refractivity contribution is -0.870. The topological polar surface area (TPSA) is 9.23 Å². The Morgan fingerprint density at radius 1 is 0.684 bits per heavy atom. The van der Waals surface area contributed by atoms with Crippen molar-refractivity contribution < 1.29 is 21.6 Å². The van der Waals surface area contributed by atoms with Crippen LogP contribution in [-0.2, 0) is 4.74 Å². The van der Waals surface area contributed by atoms with Crippen LogP contribution in [0.25, 0.3) is 0 Å². The van der Waals surface area contributed by atoms with Crippen LogP contribution in [0.5, 0.6) is 0 Å². The quantitative estimate of drug-likeness (QED) is 0.367. The van der Waals surface area contributed by atoms with Gasteiger partial charge in [-0.15, -0.1) is 0 Å². The first kappa shape index (κ1) is 21.5. The van der Waals surface area contributed by atoms with Crippen molar-refractivity contribution in [2.75, 3.05) is 40.9 Å². The van der Waals surface area contributed by atoms with Gasteiger partial charge in [-0.1, -0.05) is 51.9 Å². The standard InChI is InChI=1S/C16H36NO.ClH/c1-5-6-7-8-9-10-11-12-15-18-16-13-14-17(2,3)4;/h5-16H2,1-4H3;1H/q+1;/p-1. The maximum absolute atomic E-state index is 5.66. The maximum Gasteiger partial charge on any atom is 0.0802 e. The first-order valence-corrected chi connectivity index (χ1v) is 7.94. The minimum atomic E-state index is 0. The van der Waals surface area contributed by atoms with E-state index in [2.05, 4.69) is 28.1 Å². The number of unbranched alkanes of at least 4 members (excludes halogenated alkanes) is 7. The molecule has 0 aliphatic carbocycles. The highest BCUT2D eigenvalue weighted by Crippen LogP contribution is 2.08. The Hall–Kier alpha value is 0.210. The molecule has 0 spiro atoms. The van der Waals surface area contributed by atoms with Crippen molar-refractivity contribution in [3.63, 3.8) is 0 Å². The van der Waals surface area contributed by atoms with E-state index in [1.54, 1.807) is 0 Å². The third kappa shape index (κ3) is 20.7. The fourth-order valence-corrected chi connectivity index (χ4v) is 2.08. The molecule has 3 heteroatoms. The lowest BCUT2D eigenvalue weighted by atomic mass is 10.1. The summed E-state index contributed by atoms with van der Waals surface area (Å²) >= 11 is 0. The van der Waals surface area contributed by atoms with Gasteiger partial charge in [0.05, 0.1) is 34.3 Å². The van der Waals surface area contributed by atoms with Gasteiger partial charge in [0.1, 0.15) is 0 Å². The molecule has 0 radical (unpaired) electrons. The molecule has 0 aliphatic rings. The molecule has 0 atom stereocenters. The molecule has 0 aromatic rings. The van der Waals surface area contributed by atoms with Gasteiger partial charge < -0.3 is 21.6 Å². The summed E-state index contributed by atoms with van der Waals surface area (Å²) in [6.07, 6.45) is 12.2. The number of hydrogen-bond acceptors (Lipinski definition) is 1. The molecule has 0 saturated carbocycles. The molecule has 0 bridgehead atoms. The van der Waals surface area contributed by atoms with Gasteiger partial charge in [0.2, 0.25) is 0 Å². The van der Waals surface area contributed by atoms with Crippen LogP contribution in [0.2, 0.25) is 0 Å². The summed E-state index contributed by atoms with van der Waals surface area (Å²) in [6.45, 7) is 5.38. The highest BCUT2D eigenvalue weighted by Gasteiger charge is 2.05. The molecule has 0 saturated heterocycles. The zero-order valence-electron chi connectivity index (χ0n) is 13.7. The molecule has 118 valence electrons. The molecule has 0 aromatic carbocycles. The van der Waals surface area contributed by atoms with Gasteiger partial charge in [-0.3, -0.25) is 0 Å². The molecule has 0 aromatic heterocycles. The van der Waals surface area contributed by atoms with E-state index in [1.165, 1.54) is 64.3 Å². The Kier molecular flexibility index (Phi) is 16.5. The van der Waals surface area contributed by atoms with Crippen molar-refractivity contribution in [2.24, 2.45) is 0 Å². The molecule has 0 fully saturated rings. The van der Waals surface area contributed by atoms with E-state index in [4.69, 9.17) is 4.74 Å². The van der Waals surface area contributed by atoms with E-state index in [0.29, 0.717) is 0 Å². The maximum atomic E-state index is 5.66. The van der Waals surface area contributed by atoms with E-state index in [1.807, 2.05) is 0 Å². The summed E-state index contributed by atoms with van der Waals surface area (Å²) in [5, 5.41) is 0. The highest BCUT2D eigenvalue weighted by atomic mass is 35.5. The van der Waals surface area contributed by atoms with Crippen LogP contribution in [-0.4, -0.2) is 45.4 Å². The van der Waals surface area contributed by atoms with E-state index >= 15 is 0 Å². The van der Waals surface area contributed by atoms with Crippen LogP contribution >= 0.6 is 0 Å². The number of halogens is 1. The van der Waals surface area contributed by atoms with Crippen molar-refractivity contribution in [2.45, 2.75) is 64.7 Å². The van der Waals surface area contributed by atoms with Crippen LogP contribution in [0.3, 0.4) is 0 Å². The third-order valence-electron chi connectivity index (χ3n) is 3.26. The molecule has 0 rings (SSSR count). The summed E-state index contributed by atoms with van der Waals surface area (Å²) in [5.74, 6) is 0. The van der Waals surface area contributed by atoms with E-state index in [-0.39, 0.29) is 12.4 Å². The lowest BCUT2D eigenvalue weighted by Gasteiger charge is -2.23. The summed E-state index contributed by atoms with van der Waals surface area (Å²) in [4.78, 5) is 0. The van der Waals surface area contributed by atoms with Gasteiger partial charge in [-0.25, -0.2) is 0 Å². The molecule has 0 heterocycles. The molecular weight excluding hydrogens is 258 g/mol. The van der Waals surface area contributed by atoms with Gasteiger partial charge in [-0.2, -0.15) is 0 Å². The summed E-state index contributed by atoms with van der Waals surface area (Å²) in [6, 6.07) is 0. The molecular formula is C16H36ClNO. The number of quaternary nitrogens is 1. The van der Waals surface area contributed by atoms with Crippen LogP contribution in [0.4, 0.5) is 0 Å². The SMILES string of the molecule is CCCCCCCCCCOCCC[N+](C)(C)C.[Cl-]. The zero-order chi connectivity index (χ0) is 13.7. The first-order chi connectivity index (χ1) is 8.56. The molecule has 0 aliphatic heterocycles. The molecule has 0 unspecified atom stereocenters. The van der Waals surface area contributed by atoms with Crippen molar-refractivity contribution in [3.05, 3.63) is 0 Å². The average molecular weight is 294 g/mol. The van der Waals surface area contributed by atoms with Crippen LogP contribution in [0.15, 0.2) is 0 Å². The van der Waals surface area contributed by atoms with Crippen molar-refractivity contribution in [1.29, 1.82) is 0 Å². The van der Waals surface area contributed by atoms with Crippen molar-refractivity contribution >= 4 is 0 Å². The van der Waals surface area contributed by atoms with Gasteiger partial charge in [0, 0.05) is 13.0 Å². The summed E-state index contributed by atoms with van der Waals surface area (Å²) in [7, 11) is 6.70. The van der Waals surface area contributed by atoms with Crippen LogP contribution in [0.1, 0.15) is 64.7 Å². The predicted octanol–water partition coefficient (Wildman–Crippen LogP) is 1.24. The average Bonchev–Trinajstić information content (AvgIpc) is 2.29. The Balaban J connectivity index is 0. The Morgan fingerprint density at radius 3 is 1.68 bits per heavy atom. The molecule has 0 N–H and O–H groups in total. The second-order valence-corrected chi connectivity index (χ2v) is 6.45. The fraction of sp³-hybridized carbons (Fsp3) is 1.00. The summed E-state index contributed by atoms with van der Waals surface area (Å²) in [5.41, 5.74) is 0. The fourth-order valence-electron chi connectivity index (χ4n) is 2.08. The van der Waals surface area contributed by atoms with E-state index in [0.717, 1.165) is 17.7 Å². The van der Waals surface area contributed by atoms with Crippen LogP contribution in [0, 0.1) is 0 Å². The minimum absolute atomic E-state index is 0.